The van der Waals surface area contributed by atoms with Crippen LogP contribution in [0.4, 0.5) is 13.2 Å². The van der Waals surface area contributed by atoms with Crippen molar-refractivity contribution in [1.82, 2.24) is 10.2 Å². The van der Waals surface area contributed by atoms with Gasteiger partial charge in [-0.2, -0.15) is 13.2 Å². The lowest BCUT2D eigenvalue weighted by atomic mass is 9.69. The van der Waals surface area contributed by atoms with Crippen LogP contribution >= 0.6 is 0 Å². The van der Waals surface area contributed by atoms with Gasteiger partial charge in [-0.1, -0.05) is 27.7 Å². The van der Waals surface area contributed by atoms with Gasteiger partial charge in [-0.3, -0.25) is 4.90 Å². The van der Waals surface area contributed by atoms with Gasteiger partial charge in [-0.25, -0.2) is 0 Å². The first-order valence-corrected chi connectivity index (χ1v) is 7.69. The fourth-order valence-electron chi connectivity index (χ4n) is 3.35. The molecule has 2 nitrogen and oxygen atoms in total. The molecular formula is C15H29F3N2. The van der Waals surface area contributed by atoms with Crippen molar-refractivity contribution in [2.75, 3.05) is 26.2 Å². The molecule has 0 aromatic heterocycles. The molecule has 0 aromatic rings. The molecule has 2 unspecified atom stereocenters. The largest absolute Gasteiger partial charge is 0.401 e. The summed E-state index contributed by atoms with van der Waals surface area (Å²) in [6.07, 6.45) is -0.894. The van der Waals surface area contributed by atoms with Crippen LogP contribution in [0.15, 0.2) is 0 Å². The standard InChI is InChI=1S/C15H29F3N2/c1-5-19-13-7-8-14(3,4)9-12(13)10-20(6-2)11-15(16,17)18/h12-13,19H,5-11H2,1-4H3. The first-order valence-electron chi connectivity index (χ1n) is 7.69. The molecule has 1 rings (SSSR count). The Morgan fingerprint density at radius 1 is 1.25 bits per heavy atom. The number of hydrogen-bond donors (Lipinski definition) is 1. The summed E-state index contributed by atoms with van der Waals surface area (Å²) in [5, 5.41) is 3.46. The monoisotopic (exact) mass is 294 g/mol. The second kappa shape index (κ2) is 7.12. The Bertz CT molecular complexity index is 289. The second-order valence-electron chi connectivity index (χ2n) is 6.77. The summed E-state index contributed by atoms with van der Waals surface area (Å²) in [5.41, 5.74) is 0.244. The van der Waals surface area contributed by atoms with Crippen LogP contribution in [-0.4, -0.2) is 43.3 Å². The fourth-order valence-corrected chi connectivity index (χ4v) is 3.35. The number of nitrogens with one attached hydrogen (secondary N) is 1. The minimum atomic E-state index is -4.10. The van der Waals surface area contributed by atoms with E-state index in [1.165, 1.54) is 4.90 Å². The van der Waals surface area contributed by atoms with E-state index in [9.17, 15) is 13.2 Å². The summed E-state index contributed by atoms with van der Waals surface area (Å²) >= 11 is 0. The van der Waals surface area contributed by atoms with E-state index >= 15 is 0 Å². The van der Waals surface area contributed by atoms with Gasteiger partial charge in [-0.05, 0) is 43.7 Å². The van der Waals surface area contributed by atoms with Crippen LogP contribution in [0.25, 0.3) is 0 Å². The maximum absolute atomic E-state index is 12.6. The molecule has 0 bridgehead atoms. The molecule has 5 heteroatoms. The lowest BCUT2D eigenvalue weighted by molar-refractivity contribution is -0.147. The van der Waals surface area contributed by atoms with Gasteiger partial charge in [0.1, 0.15) is 0 Å². The Balaban J connectivity index is 2.67. The van der Waals surface area contributed by atoms with Crippen LogP contribution in [0.3, 0.4) is 0 Å². The molecule has 1 fully saturated rings. The fraction of sp³-hybridized carbons (Fsp3) is 1.00. The normalized spacial score (nSPS) is 27.0. The van der Waals surface area contributed by atoms with Gasteiger partial charge in [0.25, 0.3) is 0 Å². The molecule has 0 amide bonds. The van der Waals surface area contributed by atoms with Crippen molar-refractivity contribution in [2.45, 2.75) is 59.2 Å². The van der Waals surface area contributed by atoms with Crippen LogP contribution in [0.5, 0.6) is 0 Å². The summed E-state index contributed by atoms with van der Waals surface area (Å²) in [6, 6.07) is 0.357. The highest BCUT2D eigenvalue weighted by Crippen LogP contribution is 2.39. The topological polar surface area (TPSA) is 15.3 Å². The minimum absolute atomic E-state index is 0.244. The lowest BCUT2D eigenvalue weighted by Gasteiger charge is -2.43. The maximum atomic E-state index is 12.6. The van der Waals surface area contributed by atoms with Crippen molar-refractivity contribution in [3.05, 3.63) is 0 Å². The van der Waals surface area contributed by atoms with Gasteiger partial charge in [0.05, 0.1) is 6.54 Å². The summed E-state index contributed by atoms with van der Waals surface area (Å²) < 4.78 is 37.8. The van der Waals surface area contributed by atoms with Gasteiger partial charge >= 0.3 is 6.18 Å². The second-order valence-corrected chi connectivity index (χ2v) is 6.77. The summed E-state index contributed by atoms with van der Waals surface area (Å²) in [5.74, 6) is 0.306. The van der Waals surface area contributed by atoms with E-state index in [2.05, 4.69) is 26.1 Å². The van der Waals surface area contributed by atoms with Crippen molar-refractivity contribution in [3.63, 3.8) is 0 Å². The molecule has 1 aliphatic carbocycles. The highest BCUT2D eigenvalue weighted by molar-refractivity contribution is 4.90. The Morgan fingerprint density at radius 3 is 2.40 bits per heavy atom. The van der Waals surface area contributed by atoms with E-state index < -0.39 is 12.7 Å². The van der Waals surface area contributed by atoms with E-state index in [-0.39, 0.29) is 5.41 Å². The number of halogens is 3. The Morgan fingerprint density at radius 2 is 1.90 bits per heavy atom. The number of alkyl halides is 3. The first-order chi connectivity index (χ1) is 9.17. The van der Waals surface area contributed by atoms with Gasteiger partial charge in [-0.15, -0.1) is 0 Å². The van der Waals surface area contributed by atoms with Crippen molar-refractivity contribution < 1.29 is 13.2 Å². The zero-order valence-electron chi connectivity index (χ0n) is 13.2. The van der Waals surface area contributed by atoms with Crippen molar-refractivity contribution in [1.29, 1.82) is 0 Å². The Hall–Kier alpha value is -0.290. The third-order valence-corrected chi connectivity index (χ3v) is 4.33. The maximum Gasteiger partial charge on any atom is 0.401 e. The van der Waals surface area contributed by atoms with E-state index in [0.717, 1.165) is 25.8 Å². The van der Waals surface area contributed by atoms with Gasteiger partial charge in [0, 0.05) is 12.6 Å². The summed E-state index contributed by atoms with van der Waals surface area (Å²) in [7, 11) is 0. The lowest BCUT2D eigenvalue weighted by Crippen LogP contribution is -2.48. The van der Waals surface area contributed by atoms with E-state index in [1.54, 1.807) is 0 Å². The van der Waals surface area contributed by atoms with Gasteiger partial charge in [0.15, 0.2) is 0 Å². The molecule has 2 atom stereocenters. The third-order valence-electron chi connectivity index (χ3n) is 4.33. The molecular weight excluding hydrogens is 265 g/mol. The molecule has 0 heterocycles. The van der Waals surface area contributed by atoms with Crippen molar-refractivity contribution in [3.8, 4) is 0 Å². The minimum Gasteiger partial charge on any atom is -0.314 e. The molecule has 1 aliphatic rings. The Labute approximate surface area is 121 Å². The third kappa shape index (κ3) is 6.00. The van der Waals surface area contributed by atoms with E-state index in [1.807, 2.05) is 6.92 Å². The average molecular weight is 294 g/mol. The number of rotatable bonds is 6. The molecule has 0 aliphatic heterocycles. The van der Waals surface area contributed by atoms with Crippen LogP contribution in [0.1, 0.15) is 47.0 Å². The molecule has 0 spiro atoms. The summed E-state index contributed by atoms with van der Waals surface area (Å²) in [4.78, 5) is 1.54. The first kappa shape index (κ1) is 17.8. The van der Waals surface area contributed by atoms with E-state index in [0.29, 0.717) is 25.0 Å². The highest BCUT2D eigenvalue weighted by Gasteiger charge is 2.37. The van der Waals surface area contributed by atoms with Gasteiger partial charge in [0.2, 0.25) is 0 Å². The molecule has 0 radical (unpaired) electrons. The Kier molecular flexibility index (Phi) is 6.32. The molecule has 1 saturated carbocycles. The van der Waals surface area contributed by atoms with Crippen molar-refractivity contribution >= 4 is 0 Å². The van der Waals surface area contributed by atoms with Crippen LogP contribution in [0.2, 0.25) is 0 Å². The quantitative estimate of drug-likeness (QED) is 0.804. The van der Waals surface area contributed by atoms with Crippen LogP contribution < -0.4 is 5.32 Å². The molecule has 0 saturated heterocycles. The zero-order valence-corrected chi connectivity index (χ0v) is 13.2. The predicted octanol–water partition coefficient (Wildman–Crippen LogP) is 3.68. The smallest absolute Gasteiger partial charge is 0.314 e. The van der Waals surface area contributed by atoms with Gasteiger partial charge < -0.3 is 5.32 Å². The summed E-state index contributed by atoms with van der Waals surface area (Å²) in [6.45, 7) is 9.40. The predicted molar refractivity (Wildman–Crippen MR) is 76.8 cm³/mol. The molecule has 0 aromatic carbocycles. The molecule has 1 N–H and O–H groups in total. The number of hydrogen-bond acceptors (Lipinski definition) is 2. The molecule has 20 heavy (non-hydrogen) atoms. The zero-order chi connectivity index (χ0) is 15.4. The van der Waals surface area contributed by atoms with Crippen LogP contribution in [-0.2, 0) is 0 Å². The molecule has 120 valence electrons. The van der Waals surface area contributed by atoms with Crippen molar-refractivity contribution in [2.24, 2.45) is 11.3 Å². The SMILES string of the molecule is CCNC1CCC(C)(C)CC1CN(CC)CC(F)(F)F. The van der Waals surface area contributed by atoms with E-state index in [4.69, 9.17) is 0 Å². The van der Waals surface area contributed by atoms with Crippen LogP contribution in [0, 0.1) is 11.3 Å². The number of nitrogens with zero attached hydrogens (tertiary/aromatic N) is 1. The highest BCUT2D eigenvalue weighted by atomic mass is 19.4. The average Bonchev–Trinajstić information content (AvgIpc) is 2.29.